The summed E-state index contributed by atoms with van der Waals surface area (Å²) in [7, 11) is 1.65. The lowest BCUT2D eigenvalue weighted by Crippen LogP contribution is -2.30. The van der Waals surface area contributed by atoms with Crippen molar-refractivity contribution in [2.24, 2.45) is 0 Å². The first kappa shape index (κ1) is 13.7. The molecule has 0 saturated heterocycles. The Morgan fingerprint density at radius 3 is 2.76 bits per heavy atom. The normalized spacial score (nSPS) is 10.5. The molecule has 1 aromatic carbocycles. The predicted molar refractivity (Wildman–Crippen MR) is 65.4 cm³/mol. The summed E-state index contributed by atoms with van der Waals surface area (Å²) in [6.07, 6.45) is 0. The minimum absolute atomic E-state index is 0.110. The first-order valence-electron chi connectivity index (χ1n) is 5.62. The van der Waals surface area contributed by atoms with Crippen LogP contribution in [0.25, 0.3) is 0 Å². The molecule has 0 fully saturated rings. The zero-order valence-electron chi connectivity index (χ0n) is 10.1. The molecule has 0 aliphatic rings. The van der Waals surface area contributed by atoms with Gasteiger partial charge in [0, 0.05) is 26.7 Å². The van der Waals surface area contributed by atoms with E-state index in [1.54, 1.807) is 7.11 Å². The van der Waals surface area contributed by atoms with E-state index in [-0.39, 0.29) is 6.61 Å². The second kappa shape index (κ2) is 7.80. The second-order valence-corrected chi connectivity index (χ2v) is 3.76. The molecule has 0 atom stereocenters. The van der Waals surface area contributed by atoms with E-state index >= 15 is 0 Å². The van der Waals surface area contributed by atoms with Crippen LogP contribution in [0.4, 0.5) is 0 Å². The Balaban J connectivity index is 2.68. The average molecular weight is 234 g/mol. The second-order valence-electron chi connectivity index (χ2n) is 3.76. The van der Waals surface area contributed by atoms with Crippen molar-refractivity contribution in [2.45, 2.75) is 6.54 Å². The molecular formula is C13H18N2O2. The molecule has 17 heavy (non-hydrogen) atoms. The van der Waals surface area contributed by atoms with E-state index < -0.39 is 0 Å². The van der Waals surface area contributed by atoms with Gasteiger partial charge in [0.05, 0.1) is 24.8 Å². The number of methoxy groups -OCH3 is 1. The molecule has 4 heteroatoms. The third kappa shape index (κ3) is 4.53. The Kier molecular flexibility index (Phi) is 6.26. The van der Waals surface area contributed by atoms with Crippen LogP contribution < -0.4 is 0 Å². The van der Waals surface area contributed by atoms with E-state index in [1.165, 1.54) is 0 Å². The van der Waals surface area contributed by atoms with E-state index in [0.717, 1.165) is 12.1 Å². The zero-order valence-corrected chi connectivity index (χ0v) is 10.1. The Morgan fingerprint density at radius 2 is 2.12 bits per heavy atom. The fourth-order valence-electron chi connectivity index (χ4n) is 1.64. The molecule has 4 nitrogen and oxygen atoms in total. The number of ether oxygens (including phenoxy) is 1. The average Bonchev–Trinajstić information content (AvgIpc) is 2.37. The first-order valence-corrected chi connectivity index (χ1v) is 5.62. The predicted octanol–water partition coefficient (Wildman–Crippen LogP) is 0.999. The van der Waals surface area contributed by atoms with Crippen molar-refractivity contribution in [3.8, 4) is 6.07 Å². The lowest BCUT2D eigenvalue weighted by molar-refractivity contribution is 0.127. The van der Waals surface area contributed by atoms with Gasteiger partial charge in [0.25, 0.3) is 0 Å². The van der Waals surface area contributed by atoms with Gasteiger partial charge in [0.2, 0.25) is 0 Å². The van der Waals surface area contributed by atoms with Crippen LogP contribution in [0.3, 0.4) is 0 Å². The summed E-state index contributed by atoms with van der Waals surface area (Å²) in [5, 5.41) is 18.0. The number of hydrogen-bond acceptors (Lipinski definition) is 4. The van der Waals surface area contributed by atoms with Crippen LogP contribution >= 0.6 is 0 Å². The monoisotopic (exact) mass is 234 g/mol. The van der Waals surface area contributed by atoms with Gasteiger partial charge >= 0.3 is 0 Å². The fraction of sp³-hybridized carbons (Fsp3) is 0.462. The van der Waals surface area contributed by atoms with E-state index in [1.807, 2.05) is 24.3 Å². The van der Waals surface area contributed by atoms with Crippen LogP contribution in [-0.2, 0) is 11.3 Å². The van der Waals surface area contributed by atoms with Gasteiger partial charge in [-0.05, 0) is 11.6 Å². The highest BCUT2D eigenvalue weighted by atomic mass is 16.5. The smallest absolute Gasteiger partial charge is 0.0995 e. The highest BCUT2D eigenvalue weighted by Gasteiger charge is 2.08. The van der Waals surface area contributed by atoms with Gasteiger partial charge in [0.15, 0.2) is 0 Å². The Bertz CT molecular complexity index is 374. The number of rotatable bonds is 7. The Hall–Kier alpha value is -1.41. The van der Waals surface area contributed by atoms with Crippen LogP contribution in [0.2, 0.25) is 0 Å². The molecule has 1 aromatic rings. The minimum Gasteiger partial charge on any atom is -0.395 e. The van der Waals surface area contributed by atoms with Gasteiger partial charge in [-0.25, -0.2) is 0 Å². The maximum absolute atomic E-state index is 8.99. The van der Waals surface area contributed by atoms with Crippen molar-refractivity contribution in [1.29, 1.82) is 5.26 Å². The molecule has 0 aliphatic carbocycles. The van der Waals surface area contributed by atoms with Gasteiger partial charge in [-0.2, -0.15) is 5.26 Å². The third-order valence-electron chi connectivity index (χ3n) is 2.56. The van der Waals surface area contributed by atoms with E-state index in [2.05, 4.69) is 11.0 Å². The summed E-state index contributed by atoms with van der Waals surface area (Å²) >= 11 is 0. The number of aliphatic hydroxyl groups excluding tert-OH is 1. The highest BCUT2D eigenvalue weighted by Crippen LogP contribution is 2.10. The van der Waals surface area contributed by atoms with Crippen LogP contribution in [0.1, 0.15) is 11.1 Å². The summed E-state index contributed by atoms with van der Waals surface area (Å²) in [6.45, 7) is 2.72. The first-order chi connectivity index (χ1) is 8.31. The van der Waals surface area contributed by atoms with Crippen molar-refractivity contribution in [3.05, 3.63) is 35.4 Å². The quantitative estimate of drug-likeness (QED) is 0.764. The molecule has 0 aromatic heterocycles. The van der Waals surface area contributed by atoms with Crippen molar-refractivity contribution in [3.63, 3.8) is 0 Å². The lowest BCUT2D eigenvalue weighted by atomic mass is 10.1. The molecule has 1 N–H and O–H groups in total. The van der Waals surface area contributed by atoms with Crippen molar-refractivity contribution >= 4 is 0 Å². The molecule has 0 amide bonds. The van der Waals surface area contributed by atoms with Crippen molar-refractivity contribution in [1.82, 2.24) is 4.90 Å². The SMILES string of the molecule is COCCN(CCO)Cc1ccccc1C#N. The highest BCUT2D eigenvalue weighted by molar-refractivity contribution is 5.37. The topological polar surface area (TPSA) is 56.5 Å². The van der Waals surface area contributed by atoms with Crippen LogP contribution in [-0.4, -0.2) is 43.4 Å². The standard InChI is InChI=1S/C13H18N2O2/c1-17-9-7-15(6-8-16)11-13-5-3-2-4-12(13)10-14/h2-5,16H,6-9,11H2,1H3. The van der Waals surface area contributed by atoms with Crippen LogP contribution in [0.15, 0.2) is 24.3 Å². The van der Waals surface area contributed by atoms with E-state index in [9.17, 15) is 0 Å². The van der Waals surface area contributed by atoms with Gasteiger partial charge in [-0.3, -0.25) is 4.90 Å². The molecule has 0 heterocycles. The molecule has 0 aliphatic heterocycles. The van der Waals surface area contributed by atoms with Gasteiger partial charge in [-0.15, -0.1) is 0 Å². The van der Waals surface area contributed by atoms with Crippen LogP contribution in [0, 0.1) is 11.3 Å². The van der Waals surface area contributed by atoms with E-state index in [0.29, 0.717) is 25.3 Å². The van der Waals surface area contributed by atoms with Crippen LogP contribution in [0.5, 0.6) is 0 Å². The minimum atomic E-state index is 0.110. The van der Waals surface area contributed by atoms with Gasteiger partial charge in [-0.1, -0.05) is 18.2 Å². The molecule has 0 saturated carbocycles. The molecule has 1 rings (SSSR count). The maximum atomic E-state index is 8.99. The number of benzene rings is 1. The van der Waals surface area contributed by atoms with Gasteiger partial charge < -0.3 is 9.84 Å². The van der Waals surface area contributed by atoms with Crippen molar-refractivity contribution in [2.75, 3.05) is 33.4 Å². The number of nitrogens with zero attached hydrogens (tertiary/aromatic N) is 2. The summed E-state index contributed by atoms with van der Waals surface area (Å²) in [5.41, 5.74) is 1.67. The Labute approximate surface area is 102 Å². The summed E-state index contributed by atoms with van der Waals surface area (Å²) in [6, 6.07) is 9.70. The summed E-state index contributed by atoms with van der Waals surface area (Å²) in [4.78, 5) is 2.07. The molecule has 0 spiro atoms. The Morgan fingerprint density at radius 1 is 1.35 bits per heavy atom. The summed E-state index contributed by atoms with van der Waals surface area (Å²) < 4.78 is 5.02. The molecule has 0 radical (unpaired) electrons. The van der Waals surface area contributed by atoms with Crippen molar-refractivity contribution < 1.29 is 9.84 Å². The molecule has 92 valence electrons. The number of nitriles is 1. The fourth-order valence-corrected chi connectivity index (χ4v) is 1.64. The lowest BCUT2D eigenvalue weighted by Gasteiger charge is -2.21. The molecule has 0 bridgehead atoms. The molecule has 0 unspecified atom stereocenters. The van der Waals surface area contributed by atoms with Gasteiger partial charge in [0.1, 0.15) is 0 Å². The molecular weight excluding hydrogens is 216 g/mol. The largest absolute Gasteiger partial charge is 0.395 e. The maximum Gasteiger partial charge on any atom is 0.0995 e. The third-order valence-corrected chi connectivity index (χ3v) is 2.56. The number of aliphatic hydroxyl groups is 1. The zero-order chi connectivity index (χ0) is 12.5. The number of hydrogen-bond donors (Lipinski definition) is 1. The summed E-state index contributed by atoms with van der Waals surface area (Å²) in [5.74, 6) is 0. The van der Waals surface area contributed by atoms with E-state index in [4.69, 9.17) is 15.1 Å².